The largest absolute Gasteiger partial charge is 0.469 e. The van der Waals surface area contributed by atoms with Gasteiger partial charge in [-0.25, -0.2) is 0 Å². The van der Waals surface area contributed by atoms with Crippen LogP contribution in [0.2, 0.25) is 5.02 Å². The number of ether oxygens (including phenoxy) is 1. The molecule has 4 heteroatoms. The fraction of sp³-hybridized carbons (Fsp3) is 0.364. The summed E-state index contributed by atoms with van der Waals surface area (Å²) >= 11 is 5.82. The first-order valence-corrected chi connectivity index (χ1v) is 5.14. The minimum Gasteiger partial charge on any atom is -0.469 e. The van der Waals surface area contributed by atoms with E-state index in [1.54, 1.807) is 6.07 Å². The Labute approximate surface area is 93.2 Å². The molecule has 0 bridgehead atoms. The first-order chi connectivity index (χ1) is 7.13. The highest BCUT2D eigenvalue weighted by Crippen LogP contribution is 2.48. The van der Waals surface area contributed by atoms with Crippen LogP contribution in [-0.4, -0.2) is 13.1 Å². The number of hydrogen-bond acceptors (Lipinski definition) is 3. The number of esters is 1. The van der Waals surface area contributed by atoms with Crippen molar-refractivity contribution in [2.75, 3.05) is 12.8 Å². The van der Waals surface area contributed by atoms with Crippen molar-refractivity contribution in [1.29, 1.82) is 0 Å². The predicted octanol–water partition coefficient (Wildman–Crippen LogP) is 2.20. The molecular formula is C11H12ClNO2. The summed E-state index contributed by atoms with van der Waals surface area (Å²) in [6.07, 6.45) is 0.841. The van der Waals surface area contributed by atoms with E-state index in [0.29, 0.717) is 10.7 Å². The molecule has 0 amide bonds. The van der Waals surface area contributed by atoms with Crippen molar-refractivity contribution < 1.29 is 9.53 Å². The second-order valence-electron chi connectivity index (χ2n) is 3.75. The zero-order valence-corrected chi connectivity index (χ0v) is 9.12. The maximum Gasteiger partial charge on any atom is 0.309 e. The highest BCUT2D eigenvalue weighted by Gasteiger charge is 2.44. The van der Waals surface area contributed by atoms with Crippen molar-refractivity contribution in [2.45, 2.75) is 12.3 Å². The van der Waals surface area contributed by atoms with E-state index in [-0.39, 0.29) is 17.8 Å². The summed E-state index contributed by atoms with van der Waals surface area (Å²) in [6.45, 7) is 0. The van der Waals surface area contributed by atoms with Gasteiger partial charge in [0.25, 0.3) is 0 Å². The van der Waals surface area contributed by atoms with E-state index in [1.165, 1.54) is 7.11 Å². The first-order valence-electron chi connectivity index (χ1n) is 4.76. The smallest absolute Gasteiger partial charge is 0.309 e. The van der Waals surface area contributed by atoms with E-state index >= 15 is 0 Å². The van der Waals surface area contributed by atoms with Crippen LogP contribution in [0.4, 0.5) is 5.69 Å². The third kappa shape index (κ3) is 1.92. The molecule has 1 aliphatic rings. The SMILES string of the molecule is COC(=O)C1CC1c1ccc(Cl)c(N)c1. The molecule has 15 heavy (non-hydrogen) atoms. The Bertz CT molecular complexity index is 406. The highest BCUT2D eigenvalue weighted by molar-refractivity contribution is 6.33. The molecule has 2 atom stereocenters. The molecule has 1 aromatic rings. The Morgan fingerprint density at radius 2 is 2.33 bits per heavy atom. The number of methoxy groups -OCH3 is 1. The average molecular weight is 226 g/mol. The van der Waals surface area contributed by atoms with Crippen LogP contribution in [-0.2, 0) is 9.53 Å². The predicted molar refractivity (Wildman–Crippen MR) is 58.7 cm³/mol. The summed E-state index contributed by atoms with van der Waals surface area (Å²) in [5, 5.41) is 0.550. The van der Waals surface area contributed by atoms with Gasteiger partial charge in [0, 0.05) is 0 Å². The molecule has 0 aromatic heterocycles. The zero-order valence-electron chi connectivity index (χ0n) is 8.37. The number of nitrogen functional groups attached to an aromatic ring is 1. The fourth-order valence-electron chi connectivity index (χ4n) is 1.77. The van der Waals surface area contributed by atoms with Gasteiger partial charge in [-0.15, -0.1) is 0 Å². The lowest BCUT2D eigenvalue weighted by Gasteiger charge is -2.03. The van der Waals surface area contributed by atoms with Crippen molar-refractivity contribution in [2.24, 2.45) is 5.92 Å². The van der Waals surface area contributed by atoms with Crippen molar-refractivity contribution in [3.63, 3.8) is 0 Å². The summed E-state index contributed by atoms with van der Waals surface area (Å²) in [5.74, 6) is 0.0983. The van der Waals surface area contributed by atoms with Gasteiger partial charge in [0.1, 0.15) is 0 Å². The Balaban J connectivity index is 2.13. The lowest BCUT2D eigenvalue weighted by Crippen LogP contribution is -2.04. The summed E-state index contributed by atoms with van der Waals surface area (Å²) in [4.78, 5) is 11.2. The van der Waals surface area contributed by atoms with Crippen molar-refractivity contribution >= 4 is 23.3 Å². The van der Waals surface area contributed by atoms with Crippen LogP contribution in [0, 0.1) is 5.92 Å². The minimum absolute atomic E-state index is 0.00410. The van der Waals surface area contributed by atoms with Gasteiger partial charge in [-0.05, 0) is 30.0 Å². The van der Waals surface area contributed by atoms with Crippen LogP contribution in [0.1, 0.15) is 17.9 Å². The number of halogens is 1. The molecule has 1 saturated carbocycles. The third-order valence-electron chi connectivity index (χ3n) is 2.74. The molecule has 80 valence electrons. The van der Waals surface area contributed by atoms with Gasteiger partial charge in [0.05, 0.1) is 23.7 Å². The zero-order chi connectivity index (χ0) is 11.0. The normalized spacial score (nSPS) is 23.6. The number of rotatable bonds is 2. The van der Waals surface area contributed by atoms with Crippen molar-refractivity contribution in [1.82, 2.24) is 0 Å². The summed E-state index contributed by atoms with van der Waals surface area (Å²) in [7, 11) is 1.41. The number of benzene rings is 1. The molecule has 1 aromatic carbocycles. The van der Waals surface area contributed by atoms with Gasteiger partial charge < -0.3 is 10.5 Å². The van der Waals surface area contributed by atoms with Gasteiger partial charge in [-0.2, -0.15) is 0 Å². The summed E-state index contributed by atoms with van der Waals surface area (Å²) in [6, 6.07) is 5.50. The maximum absolute atomic E-state index is 11.2. The van der Waals surface area contributed by atoms with Gasteiger partial charge in [0.15, 0.2) is 0 Å². The summed E-state index contributed by atoms with van der Waals surface area (Å²) in [5.41, 5.74) is 7.31. The lowest BCUT2D eigenvalue weighted by atomic mass is 10.1. The molecule has 2 unspecified atom stereocenters. The minimum atomic E-state index is -0.145. The number of anilines is 1. The Morgan fingerprint density at radius 3 is 2.93 bits per heavy atom. The second-order valence-corrected chi connectivity index (χ2v) is 4.16. The standard InChI is InChI=1S/C11H12ClNO2/c1-15-11(14)8-5-7(8)6-2-3-9(12)10(13)4-6/h2-4,7-8H,5,13H2,1H3. The second kappa shape index (κ2) is 3.74. The monoisotopic (exact) mass is 225 g/mol. The van der Waals surface area contributed by atoms with Crippen LogP contribution >= 0.6 is 11.6 Å². The molecule has 2 N–H and O–H groups in total. The number of hydrogen-bond donors (Lipinski definition) is 1. The van der Waals surface area contributed by atoms with Crippen LogP contribution in [0.15, 0.2) is 18.2 Å². The average Bonchev–Trinajstić information content (AvgIpc) is 3.01. The van der Waals surface area contributed by atoms with Gasteiger partial charge in [-0.3, -0.25) is 4.79 Å². The van der Waals surface area contributed by atoms with Crippen LogP contribution < -0.4 is 5.73 Å². The maximum atomic E-state index is 11.2. The number of carbonyl (C=O) groups is 1. The topological polar surface area (TPSA) is 52.3 Å². The quantitative estimate of drug-likeness (QED) is 0.620. The lowest BCUT2D eigenvalue weighted by molar-refractivity contribution is -0.142. The Morgan fingerprint density at radius 1 is 1.60 bits per heavy atom. The van der Waals surface area contributed by atoms with E-state index in [0.717, 1.165) is 12.0 Å². The van der Waals surface area contributed by atoms with Gasteiger partial charge in [0.2, 0.25) is 0 Å². The molecule has 3 nitrogen and oxygen atoms in total. The molecule has 1 aliphatic carbocycles. The van der Waals surface area contributed by atoms with E-state index in [9.17, 15) is 4.79 Å². The van der Waals surface area contributed by atoms with E-state index in [1.807, 2.05) is 12.1 Å². The molecule has 0 aliphatic heterocycles. The molecule has 0 radical (unpaired) electrons. The van der Waals surface area contributed by atoms with Crippen molar-refractivity contribution in [3.8, 4) is 0 Å². The van der Waals surface area contributed by atoms with Crippen LogP contribution in [0.25, 0.3) is 0 Å². The fourth-order valence-corrected chi connectivity index (χ4v) is 1.89. The van der Waals surface area contributed by atoms with E-state index in [4.69, 9.17) is 17.3 Å². The van der Waals surface area contributed by atoms with Gasteiger partial charge >= 0.3 is 5.97 Å². The van der Waals surface area contributed by atoms with Crippen LogP contribution in [0.3, 0.4) is 0 Å². The highest BCUT2D eigenvalue weighted by atomic mass is 35.5. The molecule has 2 rings (SSSR count). The molecule has 1 fully saturated rings. The van der Waals surface area contributed by atoms with E-state index < -0.39 is 0 Å². The number of nitrogens with two attached hydrogens (primary N) is 1. The first kappa shape index (κ1) is 10.3. The Kier molecular flexibility index (Phi) is 2.57. The molecule has 0 saturated heterocycles. The van der Waals surface area contributed by atoms with Crippen molar-refractivity contribution in [3.05, 3.63) is 28.8 Å². The summed E-state index contributed by atoms with van der Waals surface area (Å²) < 4.78 is 4.68. The number of carbonyl (C=O) groups excluding carboxylic acids is 1. The Hall–Kier alpha value is -1.22. The van der Waals surface area contributed by atoms with E-state index in [2.05, 4.69) is 4.74 Å². The molecule has 0 heterocycles. The van der Waals surface area contributed by atoms with Crippen LogP contribution in [0.5, 0.6) is 0 Å². The third-order valence-corrected chi connectivity index (χ3v) is 3.09. The molecule has 0 spiro atoms. The van der Waals surface area contributed by atoms with Gasteiger partial charge in [-0.1, -0.05) is 17.7 Å². The molecular weight excluding hydrogens is 214 g/mol.